The van der Waals surface area contributed by atoms with E-state index in [1.165, 1.54) is 45.2 Å². The van der Waals surface area contributed by atoms with Crippen LogP contribution in [-0.4, -0.2) is 13.1 Å². The lowest BCUT2D eigenvalue weighted by molar-refractivity contribution is 0.465. The lowest BCUT2D eigenvalue weighted by Crippen LogP contribution is -2.26. The van der Waals surface area contributed by atoms with Gasteiger partial charge in [0.25, 0.3) is 0 Å². The first-order valence-corrected chi connectivity index (χ1v) is 7.01. The second-order valence-corrected chi connectivity index (χ2v) is 5.63. The van der Waals surface area contributed by atoms with Crippen molar-refractivity contribution in [2.24, 2.45) is 0 Å². The Bertz CT molecular complexity index is 286. The largest absolute Gasteiger partial charge is 0.317 e. The zero-order chi connectivity index (χ0) is 10.5. The molecule has 0 spiro atoms. The minimum absolute atomic E-state index is 0.839. The van der Waals surface area contributed by atoms with Gasteiger partial charge < -0.3 is 5.32 Å². The van der Waals surface area contributed by atoms with Crippen molar-refractivity contribution in [3.8, 4) is 0 Å². The summed E-state index contributed by atoms with van der Waals surface area (Å²) in [5.41, 5.74) is 0. The summed E-state index contributed by atoms with van der Waals surface area (Å²) in [6.45, 7) is 4.67. The van der Waals surface area contributed by atoms with Crippen molar-refractivity contribution in [1.82, 2.24) is 5.32 Å². The molecule has 1 aliphatic heterocycles. The topological polar surface area (TPSA) is 12.0 Å². The Balaban J connectivity index is 1.93. The van der Waals surface area contributed by atoms with E-state index in [0.29, 0.717) is 0 Å². The van der Waals surface area contributed by atoms with Gasteiger partial charge in [0.05, 0.1) is 0 Å². The van der Waals surface area contributed by atoms with Crippen molar-refractivity contribution in [1.29, 1.82) is 0 Å². The summed E-state index contributed by atoms with van der Waals surface area (Å²) in [7, 11) is 0. The third-order valence-electron chi connectivity index (χ3n) is 3.20. The molecule has 0 aliphatic carbocycles. The van der Waals surface area contributed by atoms with Crippen LogP contribution in [-0.2, 0) is 6.42 Å². The smallest absolute Gasteiger partial charge is 0.00801 e. The number of hydrogen-bond acceptors (Lipinski definition) is 2. The summed E-state index contributed by atoms with van der Waals surface area (Å²) in [4.78, 5) is 3.22. The third kappa shape index (κ3) is 3.05. The van der Waals surface area contributed by atoms with Gasteiger partial charge in [-0.15, -0.1) is 11.3 Å². The van der Waals surface area contributed by atoms with Gasteiger partial charge in [-0.2, -0.15) is 0 Å². The molecule has 1 nitrogen and oxygen atoms in total. The molecule has 1 aromatic rings. The first kappa shape index (κ1) is 11.2. The van der Waals surface area contributed by atoms with Crippen LogP contribution in [0.25, 0.3) is 0 Å². The molecule has 0 bridgehead atoms. The summed E-state index contributed by atoms with van der Waals surface area (Å²) in [5.74, 6) is 0.839. The molecule has 1 aliphatic rings. The third-order valence-corrected chi connectivity index (χ3v) is 4.51. The van der Waals surface area contributed by atoms with Gasteiger partial charge in [-0.05, 0) is 56.8 Å². The number of piperidine rings is 1. The second kappa shape index (κ2) is 5.66. The SMILES string of the molecule is CCCCc1ccc(C2CCNCC2)s1. The number of rotatable bonds is 4. The van der Waals surface area contributed by atoms with Crippen molar-refractivity contribution in [3.63, 3.8) is 0 Å². The Kier molecular flexibility index (Phi) is 4.21. The second-order valence-electron chi connectivity index (χ2n) is 4.43. The molecule has 1 aromatic heterocycles. The monoisotopic (exact) mass is 223 g/mol. The van der Waals surface area contributed by atoms with E-state index in [1.54, 1.807) is 9.75 Å². The van der Waals surface area contributed by atoms with Crippen LogP contribution >= 0.6 is 11.3 Å². The standard InChI is InChI=1S/C13H21NS/c1-2-3-4-12-5-6-13(15-12)11-7-9-14-10-8-11/h5-6,11,14H,2-4,7-10H2,1H3. The first-order valence-electron chi connectivity index (χ1n) is 6.19. The zero-order valence-corrected chi connectivity index (χ0v) is 10.4. The molecule has 1 N–H and O–H groups in total. The van der Waals surface area contributed by atoms with Crippen molar-refractivity contribution in [2.75, 3.05) is 13.1 Å². The molecule has 1 saturated heterocycles. The number of hydrogen-bond donors (Lipinski definition) is 1. The minimum atomic E-state index is 0.839. The van der Waals surface area contributed by atoms with Crippen LogP contribution in [0.15, 0.2) is 12.1 Å². The van der Waals surface area contributed by atoms with Crippen LogP contribution in [0.2, 0.25) is 0 Å². The molecule has 0 radical (unpaired) electrons. The maximum absolute atomic E-state index is 3.43. The van der Waals surface area contributed by atoms with Gasteiger partial charge in [-0.1, -0.05) is 13.3 Å². The highest BCUT2D eigenvalue weighted by molar-refractivity contribution is 7.12. The van der Waals surface area contributed by atoms with Gasteiger partial charge in [0, 0.05) is 9.75 Å². The van der Waals surface area contributed by atoms with E-state index in [2.05, 4.69) is 35.7 Å². The quantitative estimate of drug-likeness (QED) is 0.823. The van der Waals surface area contributed by atoms with E-state index in [9.17, 15) is 0 Å². The van der Waals surface area contributed by atoms with E-state index >= 15 is 0 Å². The average Bonchev–Trinajstić information content (AvgIpc) is 2.76. The predicted octanol–water partition coefficient (Wildman–Crippen LogP) is 3.56. The van der Waals surface area contributed by atoms with Crippen LogP contribution in [0.4, 0.5) is 0 Å². The van der Waals surface area contributed by atoms with Gasteiger partial charge in [-0.25, -0.2) is 0 Å². The fourth-order valence-electron chi connectivity index (χ4n) is 2.21. The van der Waals surface area contributed by atoms with Crippen molar-refractivity contribution >= 4 is 11.3 Å². The summed E-state index contributed by atoms with van der Waals surface area (Å²) >= 11 is 2.05. The van der Waals surface area contributed by atoms with Crippen LogP contribution in [0.3, 0.4) is 0 Å². The number of unbranched alkanes of at least 4 members (excludes halogenated alkanes) is 1. The van der Waals surface area contributed by atoms with Gasteiger partial charge in [0.15, 0.2) is 0 Å². The molecule has 0 unspecified atom stereocenters. The number of thiophene rings is 1. The number of aryl methyl sites for hydroxylation is 1. The molecule has 0 saturated carbocycles. The fourth-order valence-corrected chi connectivity index (χ4v) is 3.43. The zero-order valence-electron chi connectivity index (χ0n) is 9.59. The van der Waals surface area contributed by atoms with Crippen molar-refractivity contribution < 1.29 is 0 Å². The maximum Gasteiger partial charge on any atom is 0.00801 e. The summed E-state index contributed by atoms with van der Waals surface area (Å²) in [6, 6.07) is 4.71. The Morgan fingerprint density at radius 3 is 2.87 bits per heavy atom. The van der Waals surface area contributed by atoms with E-state index in [1.807, 2.05) is 0 Å². The maximum atomic E-state index is 3.43. The van der Waals surface area contributed by atoms with Crippen LogP contribution in [0.5, 0.6) is 0 Å². The molecule has 0 amide bonds. The molecule has 84 valence electrons. The van der Waals surface area contributed by atoms with Crippen molar-refractivity contribution in [2.45, 2.75) is 44.9 Å². The Morgan fingerprint density at radius 1 is 1.33 bits per heavy atom. The normalized spacial score (nSPS) is 18.2. The Morgan fingerprint density at radius 2 is 2.13 bits per heavy atom. The summed E-state index contributed by atoms with van der Waals surface area (Å²) in [6.07, 6.45) is 6.58. The van der Waals surface area contributed by atoms with Crippen LogP contribution in [0.1, 0.15) is 48.3 Å². The fraction of sp³-hybridized carbons (Fsp3) is 0.692. The average molecular weight is 223 g/mol. The summed E-state index contributed by atoms with van der Waals surface area (Å²) in [5, 5.41) is 3.43. The Hall–Kier alpha value is -0.340. The molecule has 1 fully saturated rings. The molecule has 2 rings (SSSR count). The lowest BCUT2D eigenvalue weighted by Gasteiger charge is -2.21. The highest BCUT2D eigenvalue weighted by Crippen LogP contribution is 2.31. The molecule has 2 heteroatoms. The lowest BCUT2D eigenvalue weighted by atomic mass is 9.97. The highest BCUT2D eigenvalue weighted by Gasteiger charge is 2.16. The van der Waals surface area contributed by atoms with Crippen LogP contribution in [0, 0.1) is 0 Å². The van der Waals surface area contributed by atoms with Gasteiger partial charge in [-0.3, -0.25) is 0 Å². The molecule has 0 aromatic carbocycles. The Labute approximate surface area is 96.9 Å². The molecule has 2 heterocycles. The summed E-state index contributed by atoms with van der Waals surface area (Å²) < 4.78 is 0. The van der Waals surface area contributed by atoms with E-state index in [4.69, 9.17) is 0 Å². The van der Waals surface area contributed by atoms with Crippen molar-refractivity contribution in [3.05, 3.63) is 21.9 Å². The molecular weight excluding hydrogens is 202 g/mol. The van der Waals surface area contributed by atoms with E-state index in [-0.39, 0.29) is 0 Å². The predicted molar refractivity (Wildman–Crippen MR) is 67.8 cm³/mol. The molecule has 0 atom stereocenters. The van der Waals surface area contributed by atoms with Gasteiger partial charge >= 0.3 is 0 Å². The first-order chi connectivity index (χ1) is 7.40. The molecule has 15 heavy (non-hydrogen) atoms. The van der Waals surface area contributed by atoms with Crippen LogP contribution < -0.4 is 5.32 Å². The van der Waals surface area contributed by atoms with E-state index < -0.39 is 0 Å². The van der Waals surface area contributed by atoms with Gasteiger partial charge in [0.2, 0.25) is 0 Å². The highest BCUT2D eigenvalue weighted by atomic mass is 32.1. The molecular formula is C13H21NS. The number of nitrogens with one attached hydrogen (secondary N) is 1. The minimum Gasteiger partial charge on any atom is -0.317 e. The van der Waals surface area contributed by atoms with E-state index in [0.717, 1.165) is 5.92 Å². The van der Waals surface area contributed by atoms with Gasteiger partial charge in [0.1, 0.15) is 0 Å².